The van der Waals surface area contributed by atoms with Crippen LogP contribution in [0.2, 0.25) is 0 Å². The minimum absolute atomic E-state index is 0.448. The maximum absolute atomic E-state index is 5.65. The van der Waals surface area contributed by atoms with Gasteiger partial charge in [-0.1, -0.05) is 35.0 Å². The van der Waals surface area contributed by atoms with Crippen molar-refractivity contribution in [1.82, 2.24) is 5.32 Å². The van der Waals surface area contributed by atoms with E-state index in [2.05, 4.69) is 52.4 Å². The molecule has 2 atom stereocenters. The zero-order chi connectivity index (χ0) is 12.8. The largest absolute Gasteiger partial charge is 0.378 e. The molecule has 0 amide bonds. The molecule has 18 heavy (non-hydrogen) atoms. The molecule has 0 saturated carbocycles. The van der Waals surface area contributed by atoms with Crippen LogP contribution in [0.15, 0.2) is 28.7 Å². The van der Waals surface area contributed by atoms with E-state index in [1.807, 2.05) is 0 Å². The van der Waals surface area contributed by atoms with Gasteiger partial charge in [0.2, 0.25) is 0 Å². The van der Waals surface area contributed by atoms with E-state index in [9.17, 15) is 0 Å². The van der Waals surface area contributed by atoms with Gasteiger partial charge in [0.15, 0.2) is 0 Å². The lowest BCUT2D eigenvalue weighted by Gasteiger charge is -2.19. The molecule has 3 heteroatoms. The molecule has 2 unspecified atom stereocenters. The van der Waals surface area contributed by atoms with Crippen molar-refractivity contribution in [1.29, 1.82) is 0 Å². The van der Waals surface area contributed by atoms with Gasteiger partial charge >= 0.3 is 0 Å². The van der Waals surface area contributed by atoms with Gasteiger partial charge in [0.05, 0.1) is 6.10 Å². The first-order valence-electron chi connectivity index (χ1n) is 6.90. The van der Waals surface area contributed by atoms with Gasteiger partial charge in [0.1, 0.15) is 0 Å². The van der Waals surface area contributed by atoms with Crippen molar-refractivity contribution in [2.45, 2.75) is 44.8 Å². The summed E-state index contributed by atoms with van der Waals surface area (Å²) in [6, 6.07) is 9.02. The molecular weight excluding hydrogens is 290 g/mol. The van der Waals surface area contributed by atoms with E-state index >= 15 is 0 Å². The Morgan fingerprint density at radius 1 is 1.50 bits per heavy atom. The van der Waals surface area contributed by atoms with Crippen LogP contribution in [0.3, 0.4) is 0 Å². The number of ether oxygens (including phenoxy) is 1. The predicted octanol–water partition coefficient (Wildman–Crippen LogP) is 4.06. The van der Waals surface area contributed by atoms with Crippen LogP contribution in [-0.4, -0.2) is 19.3 Å². The van der Waals surface area contributed by atoms with Crippen molar-refractivity contribution in [3.05, 3.63) is 34.3 Å². The fourth-order valence-corrected chi connectivity index (χ4v) is 2.93. The van der Waals surface area contributed by atoms with Crippen molar-refractivity contribution in [2.75, 3.05) is 13.2 Å². The third-order valence-corrected chi connectivity index (χ3v) is 4.03. The van der Waals surface area contributed by atoms with Gasteiger partial charge in [0, 0.05) is 17.1 Å². The van der Waals surface area contributed by atoms with E-state index in [1.54, 1.807) is 0 Å². The normalized spacial score (nSPS) is 21.1. The van der Waals surface area contributed by atoms with Crippen molar-refractivity contribution in [2.24, 2.45) is 0 Å². The predicted molar refractivity (Wildman–Crippen MR) is 78.8 cm³/mol. The smallest absolute Gasteiger partial charge is 0.0588 e. The second-order valence-corrected chi connectivity index (χ2v) is 5.81. The van der Waals surface area contributed by atoms with Crippen LogP contribution in [-0.2, 0) is 4.74 Å². The summed E-state index contributed by atoms with van der Waals surface area (Å²) in [7, 11) is 0. The zero-order valence-corrected chi connectivity index (χ0v) is 12.6. The van der Waals surface area contributed by atoms with E-state index in [4.69, 9.17) is 4.74 Å². The van der Waals surface area contributed by atoms with Gasteiger partial charge in [-0.25, -0.2) is 0 Å². The summed E-state index contributed by atoms with van der Waals surface area (Å²) < 4.78 is 6.80. The first kappa shape index (κ1) is 14.0. The first-order valence-corrected chi connectivity index (χ1v) is 7.69. The molecule has 1 aliphatic rings. The topological polar surface area (TPSA) is 21.3 Å². The number of rotatable bonds is 6. The first-order chi connectivity index (χ1) is 8.79. The zero-order valence-electron chi connectivity index (χ0n) is 11.0. The third kappa shape index (κ3) is 4.08. The van der Waals surface area contributed by atoms with Crippen LogP contribution in [0.4, 0.5) is 0 Å². The van der Waals surface area contributed by atoms with Gasteiger partial charge in [-0.2, -0.15) is 0 Å². The number of hydrogen-bond acceptors (Lipinski definition) is 2. The highest BCUT2D eigenvalue weighted by atomic mass is 79.9. The Morgan fingerprint density at radius 3 is 3.06 bits per heavy atom. The van der Waals surface area contributed by atoms with Crippen LogP contribution in [0.25, 0.3) is 0 Å². The molecule has 1 heterocycles. The molecule has 2 nitrogen and oxygen atoms in total. The fourth-order valence-electron chi connectivity index (χ4n) is 2.51. The van der Waals surface area contributed by atoms with Gasteiger partial charge in [-0.15, -0.1) is 0 Å². The average molecular weight is 312 g/mol. The quantitative estimate of drug-likeness (QED) is 0.855. The highest BCUT2D eigenvalue weighted by molar-refractivity contribution is 9.10. The third-order valence-electron chi connectivity index (χ3n) is 3.54. The summed E-state index contributed by atoms with van der Waals surface area (Å²) in [5, 5.41) is 3.64. The van der Waals surface area contributed by atoms with Crippen molar-refractivity contribution >= 4 is 15.9 Å². The number of hydrogen-bond donors (Lipinski definition) is 1. The highest BCUT2D eigenvalue weighted by Crippen LogP contribution is 2.21. The molecule has 1 aromatic carbocycles. The van der Waals surface area contributed by atoms with Gasteiger partial charge < -0.3 is 10.1 Å². The van der Waals surface area contributed by atoms with Crippen molar-refractivity contribution < 1.29 is 4.74 Å². The summed E-state index contributed by atoms with van der Waals surface area (Å²) in [4.78, 5) is 0. The van der Waals surface area contributed by atoms with Gasteiger partial charge in [-0.3, -0.25) is 0 Å². The van der Waals surface area contributed by atoms with Gasteiger partial charge in [0.25, 0.3) is 0 Å². The standard InChI is InChI=1S/C15H22BrNO/c1-2-15(12-5-3-6-13(16)11-12)17-9-8-14-7-4-10-18-14/h3,5-6,11,14-15,17H,2,4,7-10H2,1H3. The minimum atomic E-state index is 0.448. The Kier molecular flexibility index (Phi) is 5.67. The van der Waals surface area contributed by atoms with E-state index in [0.717, 1.165) is 30.5 Å². The van der Waals surface area contributed by atoms with E-state index in [-0.39, 0.29) is 0 Å². The van der Waals surface area contributed by atoms with Crippen LogP contribution in [0.1, 0.15) is 44.2 Å². The Hall–Kier alpha value is -0.380. The summed E-state index contributed by atoms with van der Waals surface area (Å²) >= 11 is 3.53. The second kappa shape index (κ2) is 7.27. The molecule has 0 radical (unpaired) electrons. The minimum Gasteiger partial charge on any atom is -0.378 e. The molecule has 0 aromatic heterocycles. The highest BCUT2D eigenvalue weighted by Gasteiger charge is 2.16. The summed E-state index contributed by atoms with van der Waals surface area (Å²) in [6.45, 7) is 4.22. The van der Waals surface area contributed by atoms with Crippen molar-refractivity contribution in [3.8, 4) is 0 Å². The van der Waals surface area contributed by atoms with Gasteiger partial charge in [-0.05, 0) is 49.9 Å². The van der Waals surface area contributed by atoms with E-state index in [1.165, 1.54) is 18.4 Å². The maximum atomic E-state index is 5.65. The maximum Gasteiger partial charge on any atom is 0.0588 e. The lowest BCUT2D eigenvalue weighted by molar-refractivity contribution is 0.103. The number of nitrogens with one attached hydrogen (secondary N) is 1. The molecular formula is C15H22BrNO. The SMILES string of the molecule is CCC(NCCC1CCCO1)c1cccc(Br)c1. The molecule has 0 spiro atoms. The molecule has 0 bridgehead atoms. The number of halogens is 1. The molecule has 1 saturated heterocycles. The summed E-state index contributed by atoms with van der Waals surface area (Å²) in [5.74, 6) is 0. The molecule has 1 aromatic rings. The fraction of sp³-hybridized carbons (Fsp3) is 0.600. The molecule has 1 aliphatic heterocycles. The van der Waals surface area contributed by atoms with Crippen LogP contribution >= 0.6 is 15.9 Å². The Morgan fingerprint density at radius 2 is 2.39 bits per heavy atom. The van der Waals surface area contributed by atoms with Crippen LogP contribution in [0.5, 0.6) is 0 Å². The second-order valence-electron chi connectivity index (χ2n) is 4.89. The Bertz CT molecular complexity index is 363. The van der Waals surface area contributed by atoms with Crippen LogP contribution in [0, 0.1) is 0 Å². The summed E-state index contributed by atoms with van der Waals surface area (Å²) in [6.07, 6.45) is 5.19. The van der Waals surface area contributed by atoms with E-state index < -0.39 is 0 Å². The summed E-state index contributed by atoms with van der Waals surface area (Å²) in [5.41, 5.74) is 1.36. The molecule has 2 rings (SSSR count). The van der Waals surface area contributed by atoms with Crippen molar-refractivity contribution in [3.63, 3.8) is 0 Å². The Labute approximate surface area is 118 Å². The lowest BCUT2D eigenvalue weighted by atomic mass is 10.0. The lowest BCUT2D eigenvalue weighted by Crippen LogP contribution is -2.24. The van der Waals surface area contributed by atoms with E-state index in [0.29, 0.717) is 12.1 Å². The molecule has 100 valence electrons. The number of benzene rings is 1. The Balaban J connectivity index is 1.81. The van der Waals surface area contributed by atoms with Crippen LogP contribution < -0.4 is 5.32 Å². The molecule has 1 fully saturated rings. The monoisotopic (exact) mass is 311 g/mol. The molecule has 0 aliphatic carbocycles. The molecule has 1 N–H and O–H groups in total. The average Bonchev–Trinajstić information content (AvgIpc) is 2.88.